The van der Waals surface area contributed by atoms with Crippen molar-refractivity contribution in [3.05, 3.63) is 24.3 Å². The summed E-state index contributed by atoms with van der Waals surface area (Å²) in [7, 11) is 0. The van der Waals surface area contributed by atoms with E-state index in [0.717, 1.165) is 4.90 Å². The summed E-state index contributed by atoms with van der Waals surface area (Å²) in [6, 6.07) is 6.23. The van der Waals surface area contributed by atoms with Gasteiger partial charge in [0.2, 0.25) is 5.91 Å². The van der Waals surface area contributed by atoms with Crippen LogP contribution in [0, 0.1) is 0 Å². The molecule has 0 atom stereocenters. The lowest BCUT2D eigenvalue weighted by Gasteiger charge is -2.19. The largest absolute Gasteiger partial charge is 0.399 e. The van der Waals surface area contributed by atoms with Crippen LogP contribution < -0.4 is 16.0 Å². The van der Waals surface area contributed by atoms with Gasteiger partial charge in [-0.05, 0) is 38.5 Å². The topological polar surface area (TPSA) is 102 Å². The van der Waals surface area contributed by atoms with Crippen LogP contribution >= 0.6 is 0 Å². The van der Waals surface area contributed by atoms with Gasteiger partial charge in [-0.1, -0.05) is 6.07 Å². The Hall–Kier alpha value is -2.41. The second kappa shape index (κ2) is 8.89. The molecule has 1 aromatic rings. The number of imide groups is 1. The summed E-state index contributed by atoms with van der Waals surface area (Å²) >= 11 is 0. The number of hydrogen-bond donors (Lipinski definition) is 2. The lowest BCUT2D eigenvalue weighted by molar-refractivity contribution is -0.139. The van der Waals surface area contributed by atoms with Gasteiger partial charge in [-0.25, -0.2) is 4.90 Å². The summed E-state index contributed by atoms with van der Waals surface area (Å²) in [6.45, 7) is 5.82. The molecule has 0 aliphatic rings. The zero-order chi connectivity index (χ0) is 17.4. The normalized spacial score (nSPS) is 10.4. The Balaban J connectivity index is 2.64. The minimum Gasteiger partial charge on any atom is -0.399 e. The molecule has 3 amide bonds. The average Bonchev–Trinajstić information content (AvgIpc) is 2.46. The number of carbonyl (C=O) groups excluding carboxylic acids is 3. The lowest BCUT2D eigenvalue weighted by atomic mass is 10.2. The predicted octanol–water partition coefficient (Wildman–Crippen LogP) is 1.08. The molecule has 7 nitrogen and oxygen atoms in total. The molecular formula is C16H23N3O4. The number of nitrogens with zero attached hydrogens (tertiary/aromatic N) is 1. The van der Waals surface area contributed by atoms with E-state index in [1.54, 1.807) is 18.2 Å². The van der Waals surface area contributed by atoms with E-state index in [2.05, 4.69) is 5.32 Å². The van der Waals surface area contributed by atoms with Gasteiger partial charge in [0.1, 0.15) is 0 Å². The molecule has 0 saturated carbocycles. The van der Waals surface area contributed by atoms with Gasteiger partial charge < -0.3 is 15.8 Å². The molecule has 0 heterocycles. The van der Waals surface area contributed by atoms with Gasteiger partial charge in [-0.2, -0.15) is 0 Å². The molecule has 3 N–H and O–H groups in total. The van der Waals surface area contributed by atoms with Crippen molar-refractivity contribution in [2.45, 2.75) is 33.3 Å². The highest BCUT2D eigenvalue weighted by atomic mass is 16.5. The first-order valence-electron chi connectivity index (χ1n) is 7.43. The molecule has 1 aromatic carbocycles. The molecule has 0 aromatic heterocycles. The average molecular weight is 321 g/mol. The number of benzene rings is 1. The summed E-state index contributed by atoms with van der Waals surface area (Å²) in [5.41, 5.74) is 6.31. The fraction of sp³-hybridized carbons (Fsp3) is 0.438. The SMILES string of the molecule is CC(=O)N(C(=O)C(=O)NCCCOC(C)C)c1cccc(N)c1. The number of nitrogen functional groups attached to an aromatic ring is 1. The quantitative estimate of drug-likeness (QED) is 0.464. The van der Waals surface area contributed by atoms with E-state index in [1.807, 2.05) is 13.8 Å². The number of carbonyl (C=O) groups is 3. The Morgan fingerprint density at radius 2 is 2.00 bits per heavy atom. The minimum atomic E-state index is -0.937. The third kappa shape index (κ3) is 6.07. The molecule has 7 heteroatoms. The Kier molecular flexibility index (Phi) is 7.21. The number of ether oxygens (including phenoxy) is 1. The maximum absolute atomic E-state index is 12.2. The number of nitrogens with one attached hydrogen (secondary N) is 1. The molecule has 0 unspecified atom stereocenters. The standard InChI is InChI=1S/C16H23N3O4/c1-11(2)23-9-5-8-18-15(21)16(22)19(12(3)20)14-7-4-6-13(17)10-14/h4,6-7,10-11H,5,8-9,17H2,1-3H3,(H,18,21). The monoisotopic (exact) mass is 321 g/mol. The second-order valence-corrected chi connectivity index (χ2v) is 5.28. The molecular weight excluding hydrogens is 298 g/mol. The smallest absolute Gasteiger partial charge is 0.323 e. The van der Waals surface area contributed by atoms with E-state index in [4.69, 9.17) is 10.5 Å². The fourth-order valence-electron chi connectivity index (χ4n) is 1.88. The number of amides is 3. The molecule has 0 bridgehead atoms. The van der Waals surface area contributed by atoms with Gasteiger partial charge in [0, 0.05) is 25.8 Å². The molecule has 0 aliphatic heterocycles. The Bertz CT molecular complexity index is 572. The third-order valence-electron chi connectivity index (χ3n) is 2.90. The Labute approximate surface area is 135 Å². The fourth-order valence-corrected chi connectivity index (χ4v) is 1.88. The first-order chi connectivity index (χ1) is 10.8. The molecule has 23 heavy (non-hydrogen) atoms. The van der Waals surface area contributed by atoms with E-state index < -0.39 is 17.7 Å². The number of hydrogen-bond acceptors (Lipinski definition) is 5. The third-order valence-corrected chi connectivity index (χ3v) is 2.90. The summed E-state index contributed by atoms with van der Waals surface area (Å²) in [5, 5.41) is 2.48. The zero-order valence-electron chi connectivity index (χ0n) is 13.7. The molecule has 0 spiro atoms. The highest BCUT2D eigenvalue weighted by molar-refractivity contribution is 6.45. The first kappa shape index (κ1) is 18.6. The molecule has 0 saturated heterocycles. The van der Waals surface area contributed by atoms with Crippen molar-refractivity contribution in [1.29, 1.82) is 0 Å². The van der Waals surface area contributed by atoms with E-state index >= 15 is 0 Å². The molecule has 0 aliphatic carbocycles. The summed E-state index contributed by atoms with van der Waals surface area (Å²) in [5.74, 6) is -2.33. The molecule has 126 valence electrons. The van der Waals surface area contributed by atoms with Crippen LogP contribution in [0.3, 0.4) is 0 Å². The van der Waals surface area contributed by atoms with Gasteiger partial charge in [0.25, 0.3) is 0 Å². The van der Waals surface area contributed by atoms with Crippen LogP contribution in [0.5, 0.6) is 0 Å². The van der Waals surface area contributed by atoms with Crippen molar-refractivity contribution in [1.82, 2.24) is 5.32 Å². The van der Waals surface area contributed by atoms with Crippen LogP contribution in [-0.2, 0) is 19.1 Å². The lowest BCUT2D eigenvalue weighted by Crippen LogP contribution is -2.45. The highest BCUT2D eigenvalue weighted by Crippen LogP contribution is 2.18. The van der Waals surface area contributed by atoms with E-state index in [1.165, 1.54) is 13.0 Å². The van der Waals surface area contributed by atoms with Gasteiger partial charge in [-0.3, -0.25) is 14.4 Å². The van der Waals surface area contributed by atoms with Crippen molar-refractivity contribution in [2.24, 2.45) is 0 Å². The second-order valence-electron chi connectivity index (χ2n) is 5.28. The van der Waals surface area contributed by atoms with Crippen LogP contribution in [0.4, 0.5) is 11.4 Å². The van der Waals surface area contributed by atoms with Gasteiger partial charge >= 0.3 is 11.8 Å². The number of nitrogens with two attached hydrogens (primary N) is 1. The van der Waals surface area contributed by atoms with Crippen LogP contribution in [0.2, 0.25) is 0 Å². The Morgan fingerprint density at radius 1 is 1.30 bits per heavy atom. The summed E-state index contributed by atoms with van der Waals surface area (Å²) in [6.07, 6.45) is 0.694. The van der Waals surface area contributed by atoms with Crippen molar-refractivity contribution < 1.29 is 19.1 Å². The van der Waals surface area contributed by atoms with Crippen molar-refractivity contribution in [2.75, 3.05) is 23.8 Å². The molecule has 0 fully saturated rings. The summed E-state index contributed by atoms with van der Waals surface area (Å²) < 4.78 is 5.34. The van der Waals surface area contributed by atoms with Gasteiger partial charge in [-0.15, -0.1) is 0 Å². The van der Waals surface area contributed by atoms with Gasteiger partial charge in [0.05, 0.1) is 11.8 Å². The van der Waals surface area contributed by atoms with E-state index in [9.17, 15) is 14.4 Å². The van der Waals surface area contributed by atoms with Gasteiger partial charge in [0.15, 0.2) is 0 Å². The minimum absolute atomic E-state index is 0.115. The highest BCUT2D eigenvalue weighted by Gasteiger charge is 2.26. The van der Waals surface area contributed by atoms with Crippen molar-refractivity contribution >= 4 is 29.1 Å². The number of rotatable bonds is 6. The number of anilines is 2. The predicted molar refractivity (Wildman–Crippen MR) is 87.7 cm³/mol. The van der Waals surface area contributed by atoms with Crippen LogP contribution in [0.1, 0.15) is 27.2 Å². The maximum atomic E-state index is 12.2. The van der Waals surface area contributed by atoms with Crippen LogP contribution in [-0.4, -0.2) is 37.0 Å². The molecule has 0 radical (unpaired) electrons. The Morgan fingerprint density at radius 3 is 2.57 bits per heavy atom. The maximum Gasteiger partial charge on any atom is 0.323 e. The van der Waals surface area contributed by atoms with Crippen LogP contribution in [0.25, 0.3) is 0 Å². The first-order valence-corrected chi connectivity index (χ1v) is 7.43. The molecule has 1 rings (SSSR count). The van der Waals surface area contributed by atoms with Crippen molar-refractivity contribution in [3.8, 4) is 0 Å². The summed E-state index contributed by atoms with van der Waals surface area (Å²) in [4.78, 5) is 36.6. The van der Waals surface area contributed by atoms with E-state index in [-0.39, 0.29) is 11.8 Å². The van der Waals surface area contributed by atoms with Crippen molar-refractivity contribution in [3.63, 3.8) is 0 Å². The van der Waals surface area contributed by atoms with E-state index in [0.29, 0.717) is 25.3 Å². The zero-order valence-corrected chi connectivity index (χ0v) is 13.7. The van der Waals surface area contributed by atoms with Crippen LogP contribution in [0.15, 0.2) is 24.3 Å².